The lowest BCUT2D eigenvalue weighted by Crippen LogP contribution is -2.31. The predicted molar refractivity (Wildman–Crippen MR) is 102 cm³/mol. The summed E-state index contributed by atoms with van der Waals surface area (Å²) in [6, 6.07) is 8.31. The molecule has 0 spiro atoms. The van der Waals surface area contributed by atoms with Crippen LogP contribution < -0.4 is 0 Å². The number of allylic oxidation sites excluding steroid dienone is 1. The molecule has 6 heteroatoms. The Kier molecular flexibility index (Phi) is 4.57. The second-order valence-electron chi connectivity index (χ2n) is 6.00. The first-order valence-electron chi connectivity index (χ1n) is 8.02. The van der Waals surface area contributed by atoms with Gasteiger partial charge in [0.25, 0.3) is 5.91 Å². The predicted octanol–water partition coefficient (Wildman–Crippen LogP) is 5.17. The topological polar surface area (TPSA) is 32.7 Å². The summed E-state index contributed by atoms with van der Waals surface area (Å²) in [6.07, 6.45) is 5.45. The second kappa shape index (κ2) is 6.82. The molecule has 2 aliphatic rings. The maximum Gasteiger partial charge on any atom is 0.258 e. The molecule has 2 aromatic heterocycles. The quantitative estimate of drug-likeness (QED) is 0.680. The van der Waals surface area contributed by atoms with Gasteiger partial charge in [-0.05, 0) is 53.8 Å². The summed E-state index contributed by atoms with van der Waals surface area (Å²) in [6.45, 7) is 0. The number of rotatable bonds is 3. The Morgan fingerprint density at radius 2 is 2.17 bits per heavy atom. The minimum absolute atomic E-state index is 0.00159. The molecule has 1 aliphatic carbocycles. The average Bonchev–Trinajstić information content (AvgIpc) is 3.33. The van der Waals surface area contributed by atoms with Crippen LogP contribution in [0.3, 0.4) is 0 Å². The summed E-state index contributed by atoms with van der Waals surface area (Å²) >= 11 is 9.25. The fourth-order valence-electron chi connectivity index (χ4n) is 3.55. The highest BCUT2D eigenvalue weighted by molar-refractivity contribution is 7.11. The summed E-state index contributed by atoms with van der Waals surface area (Å²) in [5.41, 5.74) is 2.34. The van der Waals surface area contributed by atoms with Crippen LogP contribution in [0.5, 0.6) is 0 Å². The molecule has 0 radical (unpaired) electrons. The number of carbonyl (C=O) groups excluding carboxylic acids is 1. The van der Waals surface area contributed by atoms with Crippen molar-refractivity contribution in [2.45, 2.75) is 25.3 Å². The largest absolute Gasteiger partial charge is 0.272 e. The minimum atomic E-state index is -0.118. The van der Waals surface area contributed by atoms with Gasteiger partial charge in [0.1, 0.15) is 5.88 Å². The minimum Gasteiger partial charge on any atom is -0.272 e. The number of halogens is 1. The molecule has 2 aromatic rings. The molecule has 3 heterocycles. The molecule has 0 unspecified atom stereocenters. The Morgan fingerprint density at radius 1 is 1.33 bits per heavy atom. The Balaban J connectivity index is 1.74. The number of carbonyl (C=O) groups is 1. The summed E-state index contributed by atoms with van der Waals surface area (Å²) < 4.78 is 0. The van der Waals surface area contributed by atoms with Crippen molar-refractivity contribution in [3.05, 3.63) is 50.4 Å². The van der Waals surface area contributed by atoms with E-state index in [1.807, 2.05) is 6.07 Å². The Morgan fingerprint density at radius 3 is 2.88 bits per heavy atom. The molecule has 0 bridgehead atoms. The molecule has 0 saturated heterocycles. The molecule has 24 heavy (non-hydrogen) atoms. The third kappa shape index (κ3) is 2.85. The number of hydrogen-bond acceptors (Lipinski definition) is 4. The van der Waals surface area contributed by atoms with Crippen molar-refractivity contribution in [1.29, 1.82) is 0 Å². The van der Waals surface area contributed by atoms with Gasteiger partial charge in [0.15, 0.2) is 0 Å². The lowest BCUT2D eigenvalue weighted by atomic mass is 9.79. The number of fused-ring (bicyclic) bond motifs is 1. The normalized spacial score (nSPS) is 25.0. The highest BCUT2D eigenvalue weighted by Crippen LogP contribution is 2.45. The fraction of sp³-hybridized carbons (Fsp3) is 0.333. The van der Waals surface area contributed by atoms with Gasteiger partial charge in [-0.25, -0.2) is 5.01 Å². The number of hydrogen-bond donors (Lipinski definition) is 0. The molecule has 0 aromatic carbocycles. The van der Waals surface area contributed by atoms with E-state index in [1.54, 1.807) is 27.7 Å². The maximum absolute atomic E-state index is 12.4. The lowest BCUT2D eigenvalue weighted by Gasteiger charge is -2.28. The molecule has 1 saturated carbocycles. The van der Waals surface area contributed by atoms with E-state index >= 15 is 0 Å². The first-order valence-corrected chi connectivity index (χ1v) is 10.3. The molecule has 1 amide bonds. The van der Waals surface area contributed by atoms with Crippen molar-refractivity contribution in [3.63, 3.8) is 0 Å². The van der Waals surface area contributed by atoms with E-state index in [1.165, 1.54) is 15.3 Å². The number of nitrogens with zero attached hydrogens (tertiary/aromatic N) is 2. The smallest absolute Gasteiger partial charge is 0.258 e. The number of alkyl halides is 1. The van der Waals surface area contributed by atoms with Crippen LogP contribution in [0.25, 0.3) is 6.08 Å². The van der Waals surface area contributed by atoms with E-state index < -0.39 is 0 Å². The summed E-state index contributed by atoms with van der Waals surface area (Å²) in [5.74, 6) is 0.123. The Bertz CT molecular complexity index is 780. The van der Waals surface area contributed by atoms with Crippen LogP contribution in [0.15, 0.2) is 45.7 Å². The van der Waals surface area contributed by atoms with Gasteiger partial charge in [0.05, 0.1) is 11.8 Å². The van der Waals surface area contributed by atoms with E-state index in [4.69, 9.17) is 16.7 Å². The summed E-state index contributed by atoms with van der Waals surface area (Å²) in [4.78, 5) is 14.8. The van der Waals surface area contributed by atoms with Gasteiger partial charge in [-0.3, -0.25) is 4.79 Å². The van der Waals surface area contributed by atoms with Crippen LogP contribution in [0.2, 0.25) is 0 Å². The van der Waals surface area contributed by atoms with E-state index in [-0.39, 0.29) is 23.7 Å². The van der Waals surface area contributed by atoms with Crippen molar-refractivity contribution < 1.29 is 4.79 Å². The van der Waals surface area contributed by atoms with E-state index in [2.05, 4.69) is 35.0 Å². The van der Waals surface area contributed by atoms with Crippen LogP contribution in [0.1, 0.15) is 35.1 Å². The third-order valence-electron chi connectivity index (χ3n) is 4.57. The number of hydrazone groups is 1. The average molecular weight is 377 g/mol. The molecule has 4 rings (SSSR count). The van der Waals surface area contributed by atoms with Gasteiger partial charge in [0, 0.05) is 15.7 Å². The zero-order chi connectivity index (χ0) is 16.5. The molecule has 2 atom stereocenters. The number of amides is 1. The maximum atomic E-state index is 12.4. The molecular weight excluding hydrogens is 360 g/mol. The van der Waals surface area contributed by atoms with Crippen molar-refractivity contribution in [3.8, 4) is 0 Å². The standard InChI is InChI=1S/C18H17ClN2OS2/c19-11-16(22)21-18(15-7-3-9-24-15)14-6-1-4-12(17(14)20-21)10-13-5-2-8-23-13/h2-3,5,7-10,14,18H,1,4,6,11H2/b12-10-/t14-,18+/m1/s1. The van der Waals surface area contributed by atoms with E-state index in [0.717, 1.165) is 25.0 Å². The van der Waals surface area contributed by atoms with Crippen LogP contribution in [-0.2, 0) is 4.79 Å². The molecule has 124 valence electrons. The van der Waals surface area contributed by atoms with Gasteiger partial charge >= 0.3 is 0 Å². The first-order chi connectivity index (χ1) is 11.8. The highest BCUT2D eigenvalue weighted by atomic mass is 35.5. The van der Waals surface area contributed by atoms with Crippen LogP contribution in [0.4, 0.5) is 0 Å². The van der Waals surface area contributed by atoms with Crippen molar-refractivity contribution in [2.24, 2.45) is 11.0 Å². The monoisotopic (exact) mass is 376 g/mol. The fourth-order valence-corrected chi connectivity index (χ4v) is 5.23. The highest BCUT2D eigenvalue weighted by Gasteiger charge is 2.43. The van der Waals surface area contributed by atoms with Crippen molar-refractivity contribution in [1.82, 2.24) is 5.01 Å². The summed E-state index contributed by atoms with van der Waals surface area (Å²) in [5, 5.41) is 10.5. The Hall–Kier alpha value is -1.43. The molecule has 0 N–H and O–H groups in total. The molecule has 1 fully saturated rings. The molecular formula is C18H17ClN2OS2. The third-order valence-corrected chi connectivity index (χ3v) is 6.56. The van der Waals surface area contributed by atoms with Crippen LogP contribution in [-0.4, -0.2) is 22.5 Å². The van der Waals surface area contributed by atoms with E-state index in [0.29, 0.717) is 0 Å². The summed E-state index contributed by atoms with van der Waals surface area (Å²) in [7, 11) is 0. The van der Waals surface area contributed by atoms with E-state index in [9.17, 15) is 4.79 Å². The number of thiophene rings is 2. The lowest BCUT2D eigenvalue weighted by molar-refractivity contribution is -0.130. The first kappa shape index (κ1) is 16.1. The van der Waals surface area contributed by atoms with Gasteiger partial charge in [-0.1, -0.05) is 12.1 Å². The zero-order valence-electron chi connectivity index (χ0n) is 13.0. The van der Waals surface area contributed by atoms with Gasteiger partial charge in [-0.15, -0.1) is 34.3 Å². The second-order valence-corrected chi connectivity index (χ2v) is 8.23. The van der Waals surface area contributed by atoms with Gasteiger partial charge in [0.2, 0.25) is 0 Å². The SMILES string of the molecule is O=C(CCl)N1N=C2/C(=C\c3cccs3)CCC[C@H]2[C@H]1c1cccs1. The zero-order valence-corrected chi connectivity index (χ0v) is 15.4. The van der Waals surface area contributed by atoms with Crippen molar-refractivity contribution in [2.75, 3.05) is 5.88 Å². The Labute approximate surface area is 154 Å². The molecule has 3 nitrogen and oxygen atoms in total. The van der Waals surface area contributed by atoms with Gasteiger partial charge < -0.3 is 0 Å². The van der Waals surface area contributed by atoms with Gasteiger partial charge in [-0.2, -0.15) is 5.10 Å². The molecule has 1 aliphatic heterocycles. The van der Waals surface area contributed by atoms with Crippen molar-refractivity contribution >= 4 is 52.0 Å². The van der Waals surface area contributed by atoms with Crippen LogP contribution >= 0.6 is 34.3 Å². The van der Waals surface area contributed by atoms with Crippen LogP contribution in [0, 0.1) is 5.92 Å².